The molecule has 1 aliphatic rings. The summed E-state index contributed by atoms with van der Waals surface area (Å²) in [4.78, 5) is 3.13. The molecule has 26 heavy (non-hydrogen) atoms. The molecule has 1 aromatic rings. The van der Waals surface area contributed by atoms with Gasteiger partial charge in [-0.2, -0.15) is 0 Å². The summed E-state index contributed by atoms with van der Waals surface area (Å²) in [6, 6.07) is 9.70. The van der Waals surface area contributed by atoms with Crippen molar-refractivity contribution in [2.24, 2.45) is 0 Å². The fraction of sp³-hybridized carbons (Fsp3) is 0.727. The van der Waals surface area contributed by atoms with Crippen LogP contribution in [0.3, 0.4) is 0 Å². The van der Waals surface area contributed by atoms with Gasteiger partial charge in [-0.1, -0.05) is 12.8 Å². The second-order valence-electron chi connectivity index (χ2n) is 8.46. The van der Waals surface area contributed by atoms with Crippen molar-refractivity contribution < 1.29 is 9.47 Å². The van der Waals surface area contributed by atoms with Crippen molar-refractivity contribution in [3.05, 3.63) is 24.3 Å². The topological polar surface area (TPSA) is 21.8 Å². The standard InChI is InChI=1S/C22H40O2S2/c1-23-16-8-6-9-17-25(2,3)21-12-14-22(15-13-21)26(4,5)18-10-7-11-20-19-24-20/h12-15,20H,6-11,16-19H2,1-5H3. The average Bonchev–Trinajstić information content (AvgIpc) is 3.43. The van der Waals surface area contributed by atoms with Crippen molar-refractivity contribution in [1.82, 2.24) is 0 Å². The van der Waals surface area contributed by atoms with E-state index in [1.807, 2.05) is 0 Å². The molecule has 1 unspecified atom stereocenters. The molecule has 2 nitrogen and oxygen atoms in total. The highest BCUT2D eigenvalue weighted by atomic mass is 32.3. The summed E-state index contributed by atoms with van der Waals surface area (Å²) < 4.78 is 10.5. The molecule has 0 aromatic heterocycles. The number of methoxy groups -OCH3 is 1. The predicted octanol–water partition coefficient (Wildman–Crippen LogP) is 5.92. The lowest BCUT2D eigenvalue weighted by Gasteiger charge is -2.35. The molecule has 4 heteroatoms. The smallest absolute Gasteiger partial charge is 0.0810 e. The Morgan fingerprint density at radius 3 is 1.81 bits per heavy atom. The molecular formula is C22H40O2S2. The number of benzene rings is 1. The number of ether oxygens (including phenoxy) is 2. The van der Waals surface area contributed by atoms with Crippen molar-refractivity contribution in [2.75, 3.05) is 56.9 Å². The van der Waals surface area contributed by atoms with Crippen LogP contribution in [-0.4, -0.2) is 63.0 Å². The minimum Gasteiger partial charge on any atom is -0.385 e. The number of hydrogen-bond acceptors (Lipinski definition) is 2. The Labute approximate surface area is 165 Å². The Kier molecular flexibility index (Phi) is 8.85. The minimum absolute atomic E-state index is 0.590. The summed E-state index contributed by atoms with van der Waals surface area (Å²) >= 11 is 0. The van der Waals surface area contributed by atoms with E-state index in [0.29, 0.717) is 6.10 Å². The van der Waals surface area contributed by atoms with Gasteiger partial charge in [-0.25, -0.2) is 20.1 Å². The van der Waals surface area contributed by atoms with Gasteiger partial charge in [0.25, 0.3) is 0 Å². The lowest BCUT2D eigenvalue weighted by molar-refractivity contribution is 0.192. The van der Waals surface area contributed by atoms with Gasteiger partial charge in [0.05, 0.1) is 12.7 Å². The van der Waals surface area contributed by atoms with E-state index in [1.54, 1.807) is 16.9 Å². The summed E-state index contributed by atoms with van der Waals surface area (Å²) in [5.74, 6) is 2.67. The van der Waals surface area contributed by atoms with E-state index in [2.05, 4.69) is 49.3 Å². The molecule has 0 saturated carbocycles. The highest BCUT2D eigenvalue weighted by Gasteiger charge is 2.22. The normalized spacial score (nSPS) is 18.7. The molecule has 2 rings (SSSR count). The largest absolute Gasteiger partial charge is 0.385 e. The molecule has 1 saturated heterocycles. The predicted molar refractivity (Wildman–Crippen MR) is 121 cm³/mol. The summed E-state index contributed by atoms with van der Waals surface area (Å²) in [5.41, 5.74) is 0. The minimum atomic E-state index is -0.679. The first-order valence-electron chi connectivity index (χ1n) is 9.98. The van der Waals surface area contributed by atoms with Crippen molar-refractivity contribution >= 4 is 20.1 Å². The van der Waals surface area contributed by atoms with Crippen molar-refractivity contribution in [3.8, 4) is 0 Å². The van der Waals surface area contributed by atoms with E-state index in [0.717, 1.165) is 13.2 Å². The summed E-state index contributed by atoms with van der Waals surface area (Å²) in [6.07, 6.45) is 18.2. The van der Waals surface area contributed by atoms with Gasteiger partial charge >= 0.3 is 0 Å². The van der Waals surface area contributed by atoms with E-state index >= 15 is 0 Å². The third-order valence-electron chi connectivity index (χ3n) is 5.44. The SMILES string of the molecule is COCCCCCS(C)(C)c1ccc(S(C)(C)CCCCC2CO2)cc1. The average molecular weight is 401 g/mol. The summed E-state index contributed by atoms with van der Waals surface area (Å²) in [6.45, 7) is 1.90. The third kappa shape index (κ3) is 7.46. The van der Waals surface area contributed by atoms with E-state index in [-0.39, 0.29) is 0 Å². The molecule has 0 aliphatic carbocycles. The third-order valence-corrected chi connectivity index (χ3v) is 11.2. The van der Waals surface area contributed by atoms with Crippen molar-refractivity contribution in [1.29, 1.82) is 0 Å². The van der Waals surface area contributed by atoms with Gasteiger partial charge in [0.15, 0.2) is 0 Å². The van der Waals surface area contributed by atoms with Crippen LogP contribution in [0, 0.1) is 0 Å². The molecule has 1 aromatic carbocycles. The lowest BCUT2D eigenvalue weighted by atomic mass is 10.2. The van der Waals surface area contributed by atoms with Crippen LogP contribution < -0.4 is 0 Å². The molecule has 0 bridgehead atoms. The Morgan fingerprint density at radius 1 is 0.846 bits per heavy atom. The van der Waals surface area contributed by atoms with Gasteiger partial charge in [-0.15, -0.1) is 0 Å². The number of epoxide rings is 1. The van der Waals surface area contributed by atoms with Gasteiger partial charge < -0.3 is 9.47 Å². The Bertz CT molecular complexity index is 521. The Balaban J connectivity index is 1.82. The Morgan fingerprint density at radius 2 is 1.35 bits per heavy atom. The van der Waals surface area contributed by atoms with Crippen LogP contribution in [0.4, 0.5) is 0 Å². The van der Waals surface area contributed by atoms with Crippen LogP contribution in [0.2, 0.25) is 0 Å². The molecule has 0 spiro atoms. The maximum atomic E-state index is 5.32. The molecule has 0 radical (unpaired) electrons. The quantitative estimate of drug-likeness (QED) is 0.303. The number of hydrogen-bond donors (Lipinski definition) is 0. The number of unbranched alkanes of at least 4 members (excludes halogenated alkanes) is 3. The van der Waals surface area contributed by atoms with Crippen LogP contribution in [0.25, 0.3) is 0 Å². The van der Waals surface area contributed by atoms with Gasteiger partial charge in [0, 0.05) is 13.7 Å². The van der Waals surface area contributed by atoms with E-state index in [4.69, 9.17) is 9.47 Å². The van der Waals surface area contributed by atoms with Crippen LogP contribution in [0.1, 0.15) is 38.5 Å². The van der Waals surface area contributed by atoms with Crippen molar-refractivity contribution in [2.45, 2.75) is 54.4 Å². The van der Waals surface area contributed by atoms with Gasteiger partial charge in [-0.3, -0.25) is 0 Å². The first-order chi connectivity index (χ1) is 12.3. The van der Waals surface area contributed by atoms with Crippen molar-refractivity contribution in [3.63, 3.8) is 0 Å². The molecule has 152 valence electrons. The molecular weight excluding hydrogens is 360 g/mol. The van der Waals surface area contributed by atoms with Gasteiger partial charge in [0.2, 0.25) is 0 Å². The van der Waals surface area contributed by atoms with E-state index < -0.39 is 20.1 Å². The maximum absolute atomic E-state index is 5.32. The molecule has 1 aliphatic heterocycles. The Hall–Kier alpha value is -0.160. The van der Waals surface area contributed by atoms with Crippen LogP contribution in [-0.2, 0) is 9.47 Å². The second-order valence-corrected chi connectivity index (χ2v) is 16.4. The zero-order valence-electron chi connectivity index (χ0n) is 17.6. The lowest BCUT2D eigenvalue weighted by Crippen LogP contribution is -2.05. The highest BCUT2D eigenvalue weighted by Crippen LogP contribution is 2.53. The first kappa shape index (κ1) is 22.1. The molecule has 0 N–H and O–H groups in total. The molecule has 1 atom stereocenters. The second kappa shape index (κ2) is 10.4. The summed E-state index contributed by atoms with van der Waals surface area (Å²) in [5, 5.41) is 0. The van der Waals surface area contributed by atoms with E-state index in [9.17, 15) is 0 Å². The van der Waals surface area contributed by atoms with Gasteiger partial charge in [0.1, 0.15) is 0 Å². The fourth-order valence-corrected chi connectivity index (χ4v) is 7.44. The van der Waals surface area contributed by atoms with E-state index in [1.165, 1.54) is 50.0 Å². The van der Waals surface area contributed by atoms with Gasteiger partial charge in [-0.05, 0) is 96.3 Å². The fourth-order valence-electron chi connectivity index (χ4n) is 3.37. The van der Waals surface area contributed by atoms with Crippen LogP contribution in [0.5, 0.6) is 0 Å². The summed E-state index contributed by atoms with van der Waals surface area (Å²) in [7, 11) is 0.442. The zero-order chi connectivity index (χ0) is 19.0. The molecule has 1 heterocycles. The highest BCUT2D eigenvalue weighted by molar-refractivity contribution is 8.33. The number of rotatable bonds is 13. The monoisotopic (exact) mass is 400 g/mol. The molecule has 0 amide bonds. The molecule has 1 fully saturated rings. The van der Waals surface area contributed by atoms with Crippen LogP contribution in [0.15, 0.2) is 34.1 Å². The zero-order valence-corrected chi connectivity index (χ0v) is 19.2. The first-order valence-corrected chi connectivity index (χ1v) is 15.2. The maximum Gasteiger partial charge on any atom is 0.0810 e. The van der Waals surface area contributed by atoms with Crippen LogP contribution >= 0.6 is 20.1 Å².